The lowest BCUT2D eigenvalue weighted by Gasteiger charge is -2.26. The zero-order chi connectivity index (χ0) is 16.3. The van der Waals surface area contributed by atoms with Gasteiger partial charge in [-0.15, -0.1) is 0 Å². The van der Waals surface area contributed by atoms with Crippen molar-refractivity contribution in [2.45, 2.75) is 46.0 Å². The van der Waals surface area contributed by atoms with Crippen LogP contribution in [0.2, 0.25) is 0 Å². The van der Waals surface area contributed by atoms with Crippen LogP contribution in [0.3, 0.4) is 0 Å². The Bertz CT molecular complexity index is 571. The molecule has 0 bridgehead atoms. The first kappa shape index (κ1) is 16.6. The predicted molar refractivity (Wildman–Crippen MR) is 86.6 cm³/mol. The number of Topliss-reactive ketones (excluding diaryl/α,β-unsaturated/α-hetero) is 2. The Balaban J connectivity index is 2.27. The molecule has 3 heteroatoms. The van der Waals surface area contributed by atoms with Crippen molar-refractivity contribution in [1.29, 1.82) is 0 Å². The summed E-state index contributed by atoms with van der Waals surface area (Å²) in [6.45, 7) is 5.88. The fourth-order valence-electron chi connectivity index (χ4n) is 3.10. The number of rotatable bonds is 3. The minimum atomic E-state index is -0.222. The van der Waals surface area contributed by atoms with E-state index in [-0.39, 0.29) is 35.1 Å². The zero-order valence-corrected chi connectivity index (χ0v) is 13.6. The molecule has 0 aromatic heterocycles. The Morgan fingerprint density at radius 3 is 2.09 bits per heavy atom. The monoisotopic (exact) mass is 300 g/mol. The first-order chi connectivity index (χ1) is 10.3. The van der Waals surface area contributed by atoms with E-state index >= 15 is 0 Å². The summed E-state index contributed by atoms with van der Waals surface area (Å²) in [5.74, 6) is -0.295. The molecule has 1 aromatic carbocycles. The maximum absolute atomic E-state index is 12.5. The van der Waals surface area contributed by atoms with E-state index in [9.17, 15) is 14.7 Å². The lowest BCUT2D eigenvalue weighted by Crippen LogP contribution is -2.27. The second-order valence-corrected chi connectivity index (χ2v) is 7.24. The Kier molecular flexibility index (Phi) is 4.97. The summed E-state index contributed by atoms with van der Waals surface area (Å²) in [4.78, 5) is 25.0. The minimum Gasteiger partial charge on any atom is -0.392 e. The molecule has 0 saturated heterocycles. The zero-order valence-electron chi connectivity index (χ0n) is 13.6. The highest BCUT2D eigenvalue weighted by molar-refractivity contribution is 6.22. The van der Waals surface area contributed by atoms with Crippen LogP contribution < -0.4 is 0 Å². The third-order valence-corrected chi connectivity index (χ3v) is 3.98. The van der Waals surface area contributed by atoms with Gasteiger partial charge in [-0.05, 0) is 28.9 Å². The van der Waals surface area contributed by atoms with E-state index in [1.54, 1.807) is 0 Å². The Labute approximate surface area is 132 Å². The van der Waals surface area contributed by atoms with Gasteiger partial charge in [-0.3, -0.25) is 9.59 Å². The molecule has 0 spiro atoms. The number of aliphatic hydroxyl groups is 1. The quantitative estimate of drug-likeness (QED) is 0.687. The molecule has 1 fully saturated rings. The second kappa shape index (κ2) is 6.57. The fraction of sp³-hybridized carbons (Fsp3) is 0.474. The van der Waals surface area contributed by atoms with Gasteiger partial charge >= 0.3 is 0 Å². The molecule has 1 saturated carbocycles. The third-order valence-electron chi connectivity index (χ3n) is 3.98. The molecule has 0 heterocycles. The van der Waals surface area contributed by atoms with E-state index in [1.165, 1.54) is 0 Å². The molecule has 118 valence electrons. The molecule has 1 aliphatic carbocycles. The van der Waals surface area contributed by atoms with Gasteiger partial charge in [0.2, 0.25) is 0 Å². The number of aliphatic hydroxyl groups excluding tert-OH is 1. The number of carbonyl (C=O) groups excluding carboxylic acids is 2. The van der Waals surface area contributed by atoms with Crippen molar-refractivity contribution in [2.24, 2.45) is 5.41 Å². The van der Waals surface area contributed by atoms with Crippen molar-refractivity contribution in [3.8, 4) is 0 Å². The van der Waals surface area contributed by atoms with E-state index in [2.05, 4.69) is 0 Å². The first-order valence-corrected chi connectivity index (χ1v) is 7.76. The van der Waals surface area contributed by atoms with Crippen molar-refractivity contribution in [3.63, 3.8) is 0 Å². The minimum absolute atomic E-state index is 0.0421. The smallest absolute Gasteiger partial charge is 0.167 e. The molecule has 0 amide bonds. The highest BCUT2D eigenvalue weighted by Crippen LogP contribution is 2.35. The van der Waals surface area contributed by atoms with Crippen molar-refractivity contribution in [3.05, 3.63) is 47.0 Å². The van der Waals surface area contributed by atoms with Crippen molar-refractivity contribution < 1.29 is 14.7 Å². The molecule has 22 heavy (non-hydrogen) atoms. The highest BCUT2D eigenvalue weighted by Gasteiger charge is 2.33. The van der Waals surface area contributed by atoms with Crippen LogP contribution in [0.25, 0.3) is 0 Å². The largest absolute Gasteiger partial charge is 0.392 e. The van der Waals surface area contributed by atoms with Crippen LogP contribution in [-0.2, 0) is 9.59 Å². The van der Waals surface area contributed by atoms with E-state index < -0.39 is 0 Å². The van der Waals surface area contributed by atoms with Gasteiger partial charge in [0.1, 0.15) is 0 Å². The summed E-state index contributed by atoms with van der Waals surface area (Å²) in [6, 6.07) is 9.70. The molecule has 1 aliphatic rings. The molecular weight excluding hydrogens is 276 g/mol. The van der Waals surface area contributed by atoms with Crippen LogP contribution in [-0.4, -0.2) is 23.3 Å². The molecule has 2 rings (SSSR count). The van der Waals surface area contributed by atoms with Gasteiger partial charge in [0, 0.05) is 12.8 Å². The molecule has 0 aliphatic heterocycles. The van der Waals surface area contributed by atoms with Gasteiger partial charge in [0.15, 0.2) is 11.6 Å². The number of hydrogen-bond donors (Lipinski definition) is 1. The van der Waals surface area contributed by atoms with E-state index in [0.717, 1.165) is 5.56 Å². The lowest BCUT2D eigenvalue weighted by molar-refractivity contribution is -0.124. The molecule has 3 nitrogen and oxygen atoms in total. The van der Waals surface area contributed by atoms with Crippen molar-refractivity contribution >= 4 is 11.6 Å². The van der Waals surface area contributed by atoms with Gasteiger partial charge in [0.25, 0.3) is 0 Å². The van der Waals surface area contributed by atoms with Crippen LogP contribution >= 0.6 is 0 Å². The van der Waals surface area contributed by atoms with Gasteiger partial charge < -0.3 is 5.11 Å². The van der Waals surface area contributed by atoms with Crippen LogP contribution in [0.4, 0.5) is 0 Å². The van der Waals surface area contributed by atoms with E-state index in [0.29, 0.717) is 24.8 Å². The summed E-state index contributed by atoms with van der Waals surface area (Å²) in [5, 5.41) is 9.60. The maximum Gasteiger partial charge on any atom is 0.167 e. The SMILES string of the molecule is CC(C)(C)CC(CO)=C1C(=O)CC(c2ccccc2)CC1=O. The molecule has 1 N–H and O–H groups in total. The van der Waals surface area contributed by atoms with Gasteiger partial charge in [-0.2, -0.15) is 0 Å². The Morgan fingerprint density at radius 2 is 1.64 bits per heavy atom. The Morgan fingerprint density at radius 1 is 1.09 bits per heavy atom. The number of allylic oxidation sites excluding steroid dienone is 1. The van der Waals surface area contributed by atoms with Gasteiger partial charge in [-0.1, -0.05) is 51.1 Å². The summed E-state index contributed by atoms with van der Waals surface area (Å²) in [5.41, 5.74) is 1.81. The molecular formula is C19H24O3. The Hall–Kier alpha value is -1.74. The summed E-state index contributed by atoms with van der Waals surface area (Å²) >= 11 is 0. The summed E-state index contributed by atoms with van der Waals surface area (Å²) in [7, 11) is 0. The first-order valence-electron chi connectivity index (χ1n) is 7.76. The molecule has 1 aromatic rings. The van der Waals surface area contributed by atoms with Crippen LogP contribution in [0.5, 0.6) is 0 Å². The maximum atomic E-state index is 12.5. The lowest BCUT2D eigenvalue weighted by atomic mass is 9.76. The van der Waals surface area contributed by atoms with Crippen LogP contribution in [0.1, 0.15) is 51.5 Å². The molecule has 0 radical (unpaired) electrons. The van der Waals surface area contributed by atoms with Crippen LogP contribution in [0, 0.1) is 5.41 Å². The number of hydrogen-bond acceptors (Lipinski definition) is 3. The third kappa shape index (κ3) is 3.92. The average molecular weight is 300 g/mol. The highest BCUT2D eigenvalue weighted by atomic mass is 16.3. The van der Waals surface area contributed by atoms with Crippen LogP contribution in [0.15, 0.2) is 41.5 Å². The topological polar surface area (TPSA) is 54.4 Å². The summed E-state index contributed by atoms with van der Waals surface area (Å²) in [6.07, 6.45) is 1.25. The molecule has 0 unspecified atom stereocenters. The van der Waals surface area contributed by atoms with E-state index in [4.69, 9.17) is 0 Å². The van der Waals surface area contributed by atoms with Gasteiger partial charge in [-0.25, -0.2) is 0 Å². The predicted octanol–water partition coefficient (Wildman–Crippen LogP) is 3.43. The van der Waals surface area contributed by atoms with E-state index in [1.807, 2.05) is 51.1 Å². The summed E-state index contributed by atoms with van der Waals surface area (Å²) < 4.78 is 0. The van der Waals surface area contributed by atoms with Crippen molar-refractivity contribution in [2.75, 3.05) is 6.61 Å². The number of ketones is 2. The number of benzene rings is 1. The normalized spacial score (nSPS) is 19.5. The molecule has 0 atom stereocenters. The van der Waals surface area contributed by atoms with Gasteiger partial charge in [0.05, 0.1) is 12.2 Å². The number of carbonyl (C=O) groups is 2. The van der Waals surface area contributed by atoms with Crippen molar-refractivity contribution in [1.82, 2.24) is 0 Å². The second-order valence-electron chi connectivity index (χ2n) is 7.24. The standard InChI is InChI=1S/C19H24O3/c1-19(2,3)11-15(12-20)18-16(21)9-14(10-17(18)22)13-7-5-4-6-8-13/h4-8,14,20H,9-12H2,1-3H3. The average Bonchev–Trinajstić information content (AvgIpc) is 2.45. The fourth-order valence-corrected chi connectivity index (χ4v) is 3.10.